The van der Waals surface area contributed by atoms with Crippen molar-refractivity contribution >= 4 is 28.7 Å². The molecular weight excluding hydrogens is 386 g/mol. The Kier molecular flexibility index (Phi) is 6.96. The van der Waals surface area contributed by atoms with Crippen LogP contribution in [0.3, 0.4) is 0 Å². The van der Waals surface area contributed by atoms with E-state index in [1.807, 2.05) is 0 Å². The normalized spacial score (nSPS) is 17.9. The topological polar surface area (TPSA) is 36.5 Å². The maximum absolute atomic E-state index is 5.62. The summed E-state index contributed by atoms with van der Waals surface area (Å²) >= 11 is 7.40. The molecule has 2 heterocycles. The van der Waals surface area contributed by atoms with Crippen LogP contribution in [0.25, 0.3) is 0 Å². The van der Waals surface area contributed by atoms with E-state index in [0.29, 0.717) is 0 Å². The Morgan fingerprint density at radius 2 is 2.04 bits per heavy atom. The third-order valence-corrected chi connectivity index (χ3v) is 6.80. The molecule has 0 saturated carbocycles. The molecule has 2 aromatic rings. The summed E-state index contributed by atoms with van der Waals surface area (Å²) in [6.07, 6.45) is 4.78. The van der Waals surface area contributed by atoms with Crippen molar-refractivity contribution in [3.8, 4) is 0 Å². The molecule has 1 aliphatic carbocycles. The van der Waals surface area contributed by atoms with Crippen molar-refractivity contribution in [3.05, 3.63) is 57.3 Å². The van der Waals surface area contributed by atoms with Crippen LogP contribution in [0.4, 0.5) is 0 Å². The number of ether oxygens (including phenoxy) is 1. The van der Waals surface area contributed by atoms with Crippen molar-refractivity contribution in [3.63, 3.8) is 0 Å². The van der Waals surface area contributed by atoms with Crippen LogP contribution in [0.5, 0.6) is 0 Å². The van der Waals surface area contributed by atoms with Crippen LogP contribution in [-0.4, -0.2) is 49.4 Å². The maximum Gasteiger partial charge on any atom is 0.167 e. The zero-order chi connectivity index (χ0) is 19.2. The highest BCUT2D eigenvalue weighted by Crippen LogP contribution is 2.30. The summed E-state index contributed by atoms with van der Waals surface area (Å²) in [5, 5.41) is 9.84. The molecule has 1 saturated heterocycles. The lowest BCUT2D eigenvalue weighted by molar-refractivity contribution is 0.0376. The predicted octanol–water partition coefficient (Wildman–Crippen LogP) is 3.51. The predicted molar refractivity (Wildman–Crippen MR) is 120 cm³/mol. The van der Waals surface area contributed by atoms with Crippen LogP contribution in [0.1, 0.15) is 40.5 Å². The molecule has 0 amide bonds. The molecule has 150 valence electrons. The molecule has 0 spiro atoms. The fraction of sp³-hybridized carbons (Fsp3) is 0.500. The molecule has 4 rings (SSSR count). The van der Waals surface area contributed by atoms with Crippen molar-refractivity contribution in [2.24, 2.45) is 0 Å². The lowest BCUT2D eigenvalue weighted by Crippen LogP contribution is -2.40. The molecule has 1 aromatic heterocycles. The van der Waals surface area contributed by atoms with E-state index in [9.17, 15) is 0 Å². The van der Waals surface area contributed by atoms with E-state index in [1.54, 1.807) is 11.3 Å². The molecule has 0 unspecified atom stereocenters. The van der Waals surface area contributed by atoms with E-state index in [0.717, 1.165) is 50.9 Å². The summed E-state index contributed by atoms with van der Waals surface area (Å²) in [6.45, 7) is 5.79. The Bertz CT molecular complexity index is 772. The fourth-order valence-corrected chi connectivity index (χ4v) is 5.08. The van der Waals surface area contributed by atoms with E-state index in [-0.39, 0.29) is 6.04 Å². The smallest absolute Gasteiger partial charge is 0.167 e. The average Bonchev–Trinajstić information content (AvgIpc) is 3.41. The second kappa shape index (κ2) is 9.83. The summed E-state index contributed by atoms with van der Waals surface area (Å²) < 4.78 is 5.41. The van der Waals surface area contributed by atoms with Gasteiger partial charge in [0, 0.05) is 24.5 Å². The Morgan fingerprint density at radius 3 is 2.86 bits per heavy atom. The number of morpholine rings is 1. The number of rotatable bonds is 7. The van der Waals surface area contributed by atoms with Gasteiger partial charge >= 0.3 is 0 Å². The number of nitrogens with zero attached hydrogens (tertiary/aromatic N) is 1. The van der Waals surface area contributed by atoms with Crippen molar-refractivity contribution < 1.29 is 4.74 Å². The van der Waals surface area contributed by atoms with Crippen molar-refractivity contribution in [2.45, 2.75) is 31.7 Å². The Hall–Kier alpha value is -1.47. The molecule has 6 heteroatoms. The van der Waals surface area contributed by atoms with Gasteiger partial charge in [0.2, 0.25) is 0 Å². The first kappa shape index (κ1) is 19.8. The highest BCUT2D eigenvalue weighted by molar-refractivity contribution is 7.80. The molecule has 2 aliphatic rings. The molecule has 1 aliphatic heterocycles. The summed E-state index contributed by atoms with van der Waals surface area (Å²) in [5.41, 5.74) is 4.32. The van der Waals surface area contributed by atoms with Gasteiger partial charge < -0.3 is 15.4 Å². The number of hydrogen-bond donors (Lipinski definition) is 2. The van der Waals surface area contributed by atoms with Crippen LogP contribution in [0.2, 0.25) is 0 Å². The number of aryl methyl sites for hydroxylation is 2. The molecule has 28 heavy (non-hydrogen) atoms. The Balaban J connectivity index is 1.33. The van der Waals surface area contributed by atoms with E-state index < -0.39 is 0 Å². The van der Waals surface area contributed by atoms with Gasteiger partial charge in [-0.15, -0.1) is 11.3 Å². The Labute approximate surface area is 177 Å². The second-order valence-electron chi connectivity index (χ2n) is 7.54. The van der Waals surface area contributed by atoms with Crippen LogP contribution in [0.15, 0.2) is 35.7 Å². The molecule has 0 radical (unpaired) electrons. The van der Waals surface area contributed by atoms with E-state index in [1.165, 1.54) is 40.8 Å². The number of nitrogens with one attached hydrogen (secondary N) is 2. The quantitative estimate of drug-likeness (QED) is 0.535. The number of fused-ring (bicyclic) bond motifs is 1. The summed E-state index contributed by atoms with van der Waals surface area (Å²) in [6, 6.07) is 11.4. The van der Waals surface area contributed by atoms with Gasteiger partial charge in [0.05, 0.1) is 19.3 Å². The van der Waals surface area contributed by atoms with Crippen LogP contribution in [-0.2, 0) is 17.6 Å². The zero-order valence-corrected chi connectivity index (χ0v) is 17.9. The summed E-state index contributed by atoms with van der Waals surface area (Å²) in [4.78, 5) is 3.76. The van der Waals surface area contributed by atoms with E-state index in [2.05, 4.69) is 51.2 Å². The van der Waals surface area contributed by atoms with Gasteiger partial charge in [-0.1, -0.05) is 24.3 Å². The molecule has 0 bridgehead atoms. The van der Waals surface area contributed by atoms with E-state index in [4.69, 9.17) is 17.0 Å². The fourth-order valence-electron chi connectivity index (χ4n) is 4.06. The first-order valence-corrected chi connectivity index (χ1v) is 11.6. The van der Waals surface area contributed by atoms with Gasteiger partial charge in [-0.05, 0) is 72.6 Å². The number of thiophene rings is 1. The van der Waals surface area contributed by atoms with Crippen molar-refractivity contribution in [1.82, 2.24) is 15.5 Å². The lowest BCUT2D eigenvalue weighted by Gasteiger charge is -2.26. The minimum absolute atomic E-state index is 0.116. The van der Waals surface area contributed by atoms with Gasteiger partial charge in [-0.2, -0.15) is 0 Å². The lowest BCUT2D eigenvalue weighted by atomic mass is 10.00. The van der Waals surface area contributed by atoms with E-state index >= 15 is 0 Å². The zero-order valence-electron chi connectivity index (χ0n) is 16.3. The molecular formula is C22H29N3OS2. The minimum Gasteiger partial charge on any atom is -0.379 e. The van der Waals surface area contributed by atoms with Crippen LogP contribution >= 0.6 is 23.6 Å². The van der Waals surface area contributed by atoms with Crippen molar-refractivity contribution in [1.29, 1.82) is 0 Å². The maximum atomic E-state index is 5.62. The first-order chi connectivity index (χ1) is 13.8. The third-order valence-electron chi connectivity index (χ3n) is 5.60. The second-order valence-corrected chi connectivity index (χ2v) is 8.93. The number of thiocarbonyl (C=S) groups is 1. The van der Waals surface area contributed by atoms with Gasteiger partial charge in [-0.3, -0.25) is 4.90 Å². The number of benzene rings is 1. The monoisotopic (exact) mass is 415 g/mol. The summed E-state index contributed by atoms with van der Waals surface area (Å²) in [5.74, 6) is 0. The first-order valence-electron chi connectivity index (χ1n) is 10.3. The largest absolute Gasteiger partial charge is 0.379 e. The third kappa shape index (κ3) is 5.11. The molecule has 2 N–H and O–H groups in total. The van der Waals surface area contributed by atoms with Gasteiger partial charge in [0.25, 0.3) is 0 Å². The molecule has 4 nitrogen and oxygen atoms in total. The highest BCUT2D eigenvalue weighted by Gasteiger charge is 2.19. The van der Waals surface area contributed by atoms with Gasteiger partial charge in [-0.25, -0.2) is 0 Å². The highest BCUT2D eigenvalue weighted by atomic mass is 32.1. The molecule has 1 aromatic carbocycles. The van der Waals surface area contributed by atoms with Crippen LogP contribution < -0.4 is 10.6 Å². The summed E-state index contributed by atoms with van der Waals surface area (Å²) in [7, 11) is 0. The van der Waals surface area contributed by atoms with Crippen LogP contribution in [0, 0.1) is 0 Å². The molecule has 1 fully saturated rings. The SMILES string of the molecule is S=C(NCCCN1CCOCC1)N[C@H](c1ccc2c(c1)CCC2)c1cccs1. The molecule has 1 atom stereocenters. The minimum atomic E-state index is 0.116. The average molecular weight is 416 g/mol. The van der Waals surface area contributed by atoms with Crippen molar-refractivity contribution in [2.75, 3.05) is 39.4 Å². The number of hydrogen-bond acceptors (Lipinski definition) is 4. The van der Waals surface area contributed by atoms with Gasteiger partial charge in [0.1, 0.15) is 0 Å². The Morgan fingerprint density at radius 1 is 1.18 bits per heavy atom. The standard InChI is InChI=1S/C22H29N3OS2/c27-22(23-9-3-10-25-11-13-26-14-12-25)24-21(20-6-2-15-28-20)19-8-7-17-4-1-5-18(17)16-19/h2,6-8,15-16,21H,1,3-5,9-14H2,(H2,23,24,27)/t21-/m1/s1. The van der Waals surface area contributed by atoms with Gasteiger partial charge in [0.15, 0.2) is 5.11 Å².